The van der Waals surface area contributed by atoms with Crippen molar-refractivity contribution in [1.29, 1.82) is 0 Å². The number of rotatable bonds is 3. The lowest BCUT2D eigenvalue weighted by atomic mass is 10.1. The van der Waals surface area contributed by atoms with Crippen LogP contribution in [0.1, 0.15) is 11.7 Å². The zero-order valence-corrected chi connectivity index (χ0v) is 8.46. The van der Waals surface area contributed by atoms with Crippen LogP contribution in [0.3, 0.4) is 0 Å². The molecule has 1 aromatic rings. The predicted octanol–water partition coefficient (Wildman–Crippen LogP) is 2.46. The van der Waals surface area contributed by atoms with E-state index < -0.39 is 0 Å². The molecule has 0 radical (unpaired) electrons. The molecule has 2 heteroatoms. The Labute approximate surface area is 75.2 Å². The largest absolute Gasteiger partial charge is 0.388 e. The molecule has 12 heavy (non-hydrogen) atoms. The number of hydrogen-bond donors (Lipinski definition) is 1. The van der Waals surface area contributed by atoms with Crippen LogP contribution in [0.15, 0.2) is 30.3 Å². The van der Waals surface area contributed by atoms with Crippen LogP contribution in [0.25, 0.3) is 0 Å². The Morgan fingerprint density at radius 1 is 1.25 bits per heavy atom. The Kier molecular flexibility index (Phi) is 3.71. The Balaban J connectivity index is 2.59. The van der Waals surface area contributed by atoms with E-state index in [9.17, 15) is 5.11 Å². The van der Waals surface area contributed by atoms with Gasteiger partial charge in [0.15, 0.2) is 0 Å². The minimum Gasteiger partial charge on any atom is -0.388 e. The van der Waals surface area contributed by atoms with Crippen molar-refractivity contribution in [3.63, 3.8) is 0 Å². The second-order valence-electron chi connectivity index (χ2n) is 3.19. The van der Waals surface area contributed by atoms with Gasteiger partial charge in [0.2, 0.25) is 0 Å². The summed E-state index contributed by atoms with van der Waals surface area (Å²) in [7, 11) is -0.0135. The van der Waals surface area contributed by atoms with Crippen molar-refractivity contribution < 1.29 is 5.11 Å². The summed E-state index contributed by atoms with van der Waals surface area (Å²) in [6, 6.07) is 9.85. The van der Waals surface area contributed by atoms with Crippen molar-refractivity contribution in [1.82, 2.24) is 0 Å². The normalized spacial score (nSPS) is 13.3. The van der Waals surface area contributed by atoms with Gasteiger partial charge >= 0.3 is 0 Å². The summed E-state index contributed by atoms with van der Waals surface area (Å²) in [6.07, 6.45) is 0.631. The fourth-order valence-corrected chi connectivity index (χ4v) is 2.03. The van der Waals surface area contributed by atoms with Gasteiger partial charge in [0, 0.05) is 0 Å². The lowest BCUT2D eigenvalue weighted by Gasteiger charge is -2.13. The summed E-state index contributed by atoms with van der Waals surface area (Å²) < 4.78 is 0. The van der Waals surface area contributed by atoms with E-state index in [1.807, 2.05) is 30.3 Å². The quantitative estimate of drug-likeness (QED) is 0.712. The van der Waals surface area contributed by atoms with Crippen LogP contribution in [-0.4, -0.2) is 24.6 Å². The molecule has 0 fully saturated rings. The summed E-state index contributed by atoms with van der Waals surface area (Å²) in [5.74, 6) is 0. The molecule has 0 amide bonds. The molecule has 0 heterocycles. The van der Waals surface area contributed by atoms with E-state index in [0.29, 0.717) is 0 Å². The first-order valence-corrected chi connectivity index (χ1v) is 6.50. The molecule has 0 aromatic heterocycles. The van der Waals surface area contributed by atoms with Gasteiger partial charge in [-0.25, -0.2) is 0 Å². The maximum Gasteiger partial charge on any atom is 0.0829 e. The summed E-state index contributed by atoms with van der Waals surface area (Å²) in [5, 5.41) is 9.71. The zero-order valence-electron chi connectivity index (χ0n) is 7.57. The monoisotopic (exact) mass is 182 g/mol. The number of benzene rings is 1. The van der Waals surface area contributed by atoms with Crippen LogP contribution >= 0.6 is 7.92 Å². The van der Waals surface area contributed by atoms with Crippen LogP contribution in [-0.2, 0) is 0 Å². The van der Waals surface area contributed by atoms with Gasteiger partial charge in [-0.2, -0.15) is 0 Å². The molecule has 0 saturated heterocycles. The van der Waals surface area contributed by atoms with Gasteiger partial charge < -0.3 is 5.11 Å². The van der Waals surface area contributed by atoms with Crippen molar-refractivity contribution in [3.8, 4) is 0 Å². The van der Waals surface area contributed by atoms with Crippen molar-refractivity contribution in [3.05, 3.63) is 35.9 Å². The standard InChI is InChI=1S/C10H15OP/c1-12(2)8-10(11)9-6-4-3-5-7-9/h3-7,10-11H,8H2,1-2H3. The molecule has 0 aliphatic heterocycles. The van der Waals surface area contributed by atoms with Crippen LogP contribution in [0.2, 0.25) is 0 Å². The van der Waals surface area contributed by atoms with Gasteiger partial charge in [0.25, 0.3) is 0 Å². The summed E-state index contributed by atoms with van der Waals surface area (Å²) in [4.78, 5) is 0. The highest BCUT2D eigenvalue weighted by atomic mass is 31.1. The third kappa shape index (κ3) is 2.92. The van der Waals surface area contributed by atoms with Gasteiger partial charge in [-0.05, 0) is 25.1 Å². The molecule has 1 rings (SSSR count). The van der Waals surface area contributed by atoms with Crippen LogP contribution in [0.4, 0.5) is 0 Å². The predicted molar refractivity (Wildman–Crippen MR) is 55.0 cm³/mol. The van der Waals surface area contributed by atoms with E-state index >= 15 is 0 Å². The lowest BCUT2D eigenvalue weighted by molar-refractivity contribution is 0.203. The minimum absolute atomic E-state index is 0.0135. The first kappa shape index (κ1) is 9.70. The highest BCUT2D eigenvalue weighted by Crippen LogP contribution is 2.30. The molecule has 0 aliphatic carbocycles. The Morgan fingerprint density at radius 2 is 1.83 bits per heavy atom. The van der Waals surface area contributed by atoms with Crippen molar-refractivity contribution in [2.75, 3.05) is 19.5 Å². The Bertz CT molecular complexity index is 221. The van der Waals surface area contributed by atoms with Crippen LogP contribution in [0, 0.1) is 0 Å². The second-order valence-corrected chi connectivity index (χ2v) is 5.71. The smallest absolute Gasteiger partial charge is 0.0829 e. The topological polar surface area (TPSA) is 20.2 Å². The van der Waals surface area contributed by atoms with Gasteiger partial charge in [0.1, 0.15) is 0 Å². The molecular weight excluding hydrogens is 167 g/mol. The average molecular weight is 182 g/mol. The van der Waals surface area contributed by atoms with Gasteiger partial charge in [0.05, 0.1) is 6.10 Å². The number of aliphatic hydroxyl groups excluding tert-OH is 1. The van der Waals surface area contributed by atoms with Crippen LogP contribution < -0.4 is 0 Å². The highest BCUT2D eigenvalue weighted by Gasteiger charge is 2.07. The molecule has 0 spiro atoms. The molecule has 1 atom stereocenters. The lowest BCUT2D eigenvalue weighted by Crippen LogP contribution is -2.00. The van der Waals surface area contributed by atoms with Gasteiger partial charge in [-0.15, -0.1) is 7.92 Å². The average Bonchev–Trinajstić information content (AvgIpc) is 2.05. The van der Waals surface area contributed by atoms with Crippen LogP contribution in [0.5, 0.6) is 0 Å². The first-order valence-electron chi connectivity index (χ1n) is 4.08. The molecule has 1 aromatic carbocycles. The van der Waals surface area contributed by atoms with E-state index in [1.165, 1.54) is 0 Å². The van der Waals surface area contributed by atoms with Crippen molar-refractivity contribution >= 4 is 7.92 Å². The molecule has 0 aliphatic rings. The third-order valence-corrected chi connectivity index (χ3v) is 2.80. The maximum absolute atomic E-state index is 9.71. The van der Waals surface area contributed by atoms with E-state index in [0.717, 1.165) is 11.7 Å². The molecule has 1 unspecified atom stereocenters. The number of hydrogen-bond acceptors (Lipinski definition) is 1. The number of aliphatic hydroxyl groups is 1. The fraction of sp³-hybridized carbons (Fsp3) is 0.400. The molecular formula is C10H15OP. The maximum atomic E-state index is 9.71. The Hall–Kier alpha value is -0.390. The molecule has 0 saturated carbocycles. The fourth-order valence-electron chi connectivity index (χ4n) is 1.13. The van der Waals surface area contributed by atoms with E-state index in [1.54, 1.807) is 0 Å². The summed E-state index contributed by atoms with van der Waals surface area (Å²) >= 11 is 0. The molecule has 66 valence electrons. The van der Waals surface area contributed by atoms with E-state index in [-0.39, 0.29) is 14.0 Å². The van der Waals surface area contributed by atoms with E-state index in [4.69, 9.17) is 0 Å². The highest BCUT2D eigenvalue weighted by molar-refractivity contribution is 7.56. The summed E-state index contributed by atoms with van der Waals surface area (Å²) in [5.41, 5.74) is 1.04. The molecule has 1 N–H and O–H groups in total. The molecule has 1 nitrogen and oxygen atoms in total. The minimum atomic E-state index is -0.271. The summed E-state index contributed by atoms with van der Waals surface area (Å²) in [6.45, 7) is 4.36. The third-order valence-electron chi connectivity index (χ3n) is 1.72. The SMILES string of the molecule is CP(C)CC(O)c1ccccc1. The van der Waals surface area contributed by atoms with Crippen molar-refractivity contribution in [2.45, 2.75) is 6.10 Å². The molecule has 0 bridgehead atoms. The first-order chi connectivity index (χ1) is 5.70. The van der Waals surface area contributed by atoms with Gasteiger partial charge in [-0.3, -0.25) is 0 Å². The van der Waals surface area contributed by atoms with Crippen molar-refractivity contribution in [2.24, 2.45) is 0 Å². The van der Waals surface area contributed by atoms with E-state index in [2.05, 4.69) is 13.3 Å². The Morgan fingerprint density at radius 3 is 2.33 bits per heavy atom. The van der Waals surface area contributed by atoms with Gasteiger partial charge in [-0.1, -0.05) is 30.3 Å². The zero-order chi connectivity index (χ0) is 8.97. The second kappa shape index (κ2) is 4.59.